The summed E-state index contributed by atoms with van der Waals surface area (Å²) >= 11 is 0. The quantitative estimate of drug-likeness (QED) is 0.419. The summed E-state index contributed by atoms with van der Waals surface area (Å²) in [5, 5.41) is 17.8. The third-order valence-corrected chi connectivity index (χ3v) is 6.37. The maximum Gasteiger partial charge on any atom is 0.271 e. The first-order chi connectivity index (χ1) is 17.9. The van der Waals surface area contributed by atoms with E-state index in [2.05, 4.69) is 25.9 Å². The Morgan fingerprint density at radius 3 is 2.41 bits per heavy atom. The number of primary amides is 1. The number of methoxy groups -OCH3 is 2. The van der Waals surface area contributed by atoms with Gasteiger partial charge in [-0.2, -0.15) is 5.10 Å². The lowest BCUT2D eigenvalue weighted by molar-refractivity contribution is -0.117. The van der Waals surface area contributed by atoms with E-state index in [1.807, 2.05) is 25.4 Å². The molecule has 4 N–H and O–H groups in total. The van der Waals surface area contributed by atoms with E-state index in [0.717, 1.165) is 24.0 Å². The van der Waals surface area contributed by atoms with Gasteiger partial charge in [0.15, 0.2) is 11.5 Å². The second-order valence-electron chi connectivity index (χ2n) is 9.18. The molecule has 0 aliphatic heterocycles. The Morgan fingerprint density at radius 1 is 1.08 bits per heavy atom. The van der Waals surface area contributed by atoms with Gasteiger partial charge >= 0.3 is 0 Å². The second kappa shape index (κ2) is 11.8. The average molecular weight is 508 g/mol. The van der Waals surface area contributed by atoms with Crippen LogP contribution in [0.15, 0.2) is 36.7 Å². The number of aromatic nitrogens is 4. The minimum absolute atomic E-state index is 0.00952. The van der Waals surface area contributed by atoms with Crippen LogP contribution in [0.5, 0.6) is 5.75 Å². The fourth-order valence-electron chi connectivity index (χ4n) is 4.22. The van der Waals surface area contributed by atoms with Crippen molar-refractivity contribution < 1.29 is 19.1 Å². The zero-order valence-corrected chi connectivity index (χ0v) is 21.4. The number of nitrogens with two attached hydrogens (primary N) is 1. The molecule has 2 heterocycles. The third-order valence-electron chi connectivity index (χ3n) is 6.37. The van der Waals surface area contributed by atoms with Gasteiger partial charge in [0.1, 0.15) is 5.75 Å². The fraction of sp³-hybridized carbons (Fsp3) is 0.423. The molecule has 0 saturated heterocycles. The summed E-state index contributed by atoms with van der Waals surface area (Å²) in [4.78, 5) is 23.9. The average Bonchev–Trinajstić information content (AvgIpc) is 3.43. The van der Waals surface area contributed by atoms with Crippen LogP contribution >= 0.6 is 0 Å². The van der Waals surface area contributed by atoms with Gasteiger partial charge in [-0.3, -0.25) is 14.3 Å². The number of para-hydroxylation sites is 1. The first-order valence-corrected chi connectivity index (χ1v) is 12.3. The van der Waals surface area contributed by atoms with Crippen molar-refractivity contribution in [2.45, 2.75) is 44.6 Å². The van der Waals surface area contributed by atoms with E-state index in [1.54, 1.807) is 31.2 Å². The molecule has 0 radical (unpaired) electrons. The van der Waals surface area contributed by atoms with Crippen molar-refractivity contribution in [3.63, 3.8) is 0 Å². The monoisotopic (exact) mass is 507 g/mol. The Bertz CT molecular complexity index is 1250. The molecule has 0 unspecified atom stereocenters. The summed E-state index contributed by atoms with van der Waals surface area (Å²) in [6, 6.07) is 7.08. The number of aryl methyl sites for hydroxylation is 1. The molecule has 5 rings (SSSR count). The van der Waals surface area contributed by atoms with Crippen molar-refractivity contribution in [1.82, 2.24) is 20.0 Å². The highest BCUT2D eigenvalue weighted by Crippen LogP contribution is 2.38. The zero-order chi connectivity index (χ0) is 26.4. The van der Waals surface area contributed by atoms with Crippen LogP contribution in [0.25, 0.3) is 11.1 Å². The Hall–Kier alpha value is -3.99. The molecule has 11 heteroatoms. The van der Waals surface area contributed by atoms with E-state index in [0.29, 0.717) is 23.2 Å². The number of hydrogen-bond acceptors (Lipinski definition) is 8. The molecule has 196 valence electrons. The molecule has 0 bridgehead atoms. The molecule has 2 aliphatic rings. The summed E-state index contributed by atoms with van der Waals surface area (Å²) in [7, 11) is 5.19. The van der Waals surface area contributed by atoms with Gasteiger partial charge < -0.3 is 25.8 Å². The van der Waals surface area contributed by atoms with Crippen molar-refractivity contribution in [3.8, 4) is 16.9 Å². The van der Waals surface area contributed by atoms with E-state index in [4.69, 9.17) is 15.2 Å². The zero-order valence-electron chi connectivity index (χ0n) is 21.4. The van der Waals surface area contributed by atoms with Crippen LogP contribution in [0.1, 0.15) is 49.0 Å². The number of rotatable bonds is 8. The van der Waals surface area contributed by atoms with Gasteiger partial charge in [-0.1, -0.05) is 25.0 Å². The lowest BCUT2D eigenvalue weighted by Crippen LogP contribution is -2.19. The minimum atomic E-state index is -0.743. The molecule has 37 heavy (non-hydrogen) atoms. The Morgan fingerprint density at radius 2 is 1.84 bits per heavy atom. The number of amides is 2. The lowest BCUT2D eigenvalue weighted by atomic mass is 10.1. The molecule has 2 aromatic heterocycles. The van der Waals surface area contributed by atoms with Gasteiger partial charge in [0.25, 0.3) is 5.91 Å². The first kappa shape index (κ1) is 26.1. The molecule has 2 fully saturated rings. The molecule has 2 saturated carbocycles. The highest BCUT2D eigenvalue weighted by molar-refractivity contribution is 5.99. The highest BCUT2D eigenvalue weighted by Gasteiger charge is 2.30. The molecule has 2 amide bonds. The van der Waals surface area contributed by atoms with Crippen LogP contribution in [0.3, 0.4) is 0 Å². The number of nitrogens with zero attached hydrogens (tertiary/aromatic N) is 4. The van der Waals surface area contributed by atoms with E-state index >= 15 is 0 Å². The van der Waals surface area contributed by atoms with E-state index in [-0.39, 0.29) is 23.3 Å². The van der Waals surface area contributed by atoms with Crippen molar-refractivity contribution in [3.05, 3.63) is 42.4 Å². The molecule has 3 aromatic rings. The van der Waals surface area contributed by atoms with Crippen LogP contribution in [-0.2, 0) is 16.6 Å². The summed E-state index contributed by atoms with van der Waals surface area (Å²) in [5.41, 5.74) is 8.01. The molecule has 1 aromatic carbocycles. The van der Waals surface area contributed by atoms with Gasteiger partial charge in [0.2, 0.25) is 5.91 Å². The third kappa shape index (κ3) is 6.62. The van der Waals surface area contributed by atoms with E-state index in [9.17, 15) is 9.59 Å². The van der Waals surface area contributed by atoms with Crippen molar-refractivity contribution in [2.24, 2.45) is 18.7 Å². The second-order valence-corrected chi connectivity index (χ2v) is 9.18. The molecule has 0 atom stereocenters. The Kier molecular flexibility index (Phi) is 8.34. The standard InChI is InChI=1S/C20H21N7O3.C6H12O/c1-27-10-12(9-22-27)13-4-3-5-14(18(13)30-2)23-15-8-16(24-20(29)11-6-7-11)25-26-17(15)19(21)28;1-7-6-4-2-3-5-6/h3-5,8-11H,6-7H2,1-2H3,(H2,21,28)(H2,23,24,25,29);6H,2-5H2,1H3. The van der Waals surface area contributed by atoms with Crippen LogP contribution in [0, 0.1) is 5.92 Å². The van der Waals surface area contributed by atoms with Crippen molar-refractivity contribution >= 4 is 29.0 Å². The Labute approximate surface area is 215 Å². The molecule has 0 spiro atoms. The van der Waals surface area contributed by atoms with Gasteiger partial charge in [0, 0.05) is 43.5 Å². The van der Waals surface area contributed by atoms with Crippen LogP contribution in [0.2, 0.25) is 0 Å². The number of carbonyl (C=O) groups excluding carboxylic acids is 2. The SMILES string of the molecule is COC1CCCC1.COc1c(Nc2cc(NC(=O)C3CC3)nnc2C(N)=O)cccc1-c1cnn(C)c1. The van der Waals surface area contributed by atoms with E-state index in [1.165, 1.54) is 31.7 Å². The van der Waals surface area contributed by atoms with E-state index < -0.39 is 5.91 Å². The molecule has 2 aliphatic carbocycles. The van der Waals surface area contributed by atoms with Crippen LogP contribution in [0.4, 0.5) is 17.2 Å². The van der Waals surface area contributed by atoms with Gasteiger partial charge in [-0.25, -0.2) is 0 Å². The number of anilines is 3. The number of ether oxygens (including phenoxy) is 2. The summed E-state index contributed by atoms with van der Waals surface area (Å²) in [5.74, 6) is -0.0518. The predicted molar refractivity (Wildman–Crippen MR) is 140 cm³/mol. The largest absolute Gasteiger partial charge is 0.494 e. The van der Waals surface area contributed by atoms with Crippen LogP contribution in [-0.4, -0.2) is 52.1 Å². The lowest BCUT2D eigenvalue weighted by Gasteiger charge is -2.16. The molecular weight excluding hydrogens is 474 g/mol. The summed E-state index contributed by atoms with van der Waals surface area (Å²) < 4.78 is 12.4. The number of nitrogens with one attached hydrogen (secondary N) is 2. The Balaban J connectivity index is 0.000000396. The number of benzene rings is 1. The normalized spacial score (nSPS) is 15.0. The van der Waals surface area contributed by atoms with Gasteiger partial charge in [-0.05, 0) is 31.7 Å². The van der Waals surface area contributed by atoms with Crippen molar-refractivity contribution in [1.29, 1.82) is 0 Å². The van der Waals surface area contributed by atoms with Gasteiger partial charge in [0.05, 0.1) is 30.8 Å². The predicted octanol–water partition coefficient (Wildman–Crippen LogP) is 3.65. The molecular formula is C26H33N7O4. The highest BCUT2D eigenvalue weighted by atomic mass is 16.5. The molecule has 11 nitrogen and oxygen atoms in total. The topological polar surface area (TPSA) is 146 Å². The first-order valence-electron chi connectivity index (χ1n) is 12.3. The number of carbonyl (C=O) groups is 2. The summed E-state index contributed by atoms with van der Waals surface area (Å²) in [6.07, 6.45) is 11.3. The maximum atomic E-state index is 12.0. The summed E-state index contributed by atoms with van der Waals surface area (Å²) in [6.45, 7) is 0. The van der Waals surface area contributed by atoms with Gasteiger partial charge in [-0.15, -0.1) is 10.2 Å². The van der Waals surface area contributed by atoms with Crippen molar-refractivity contribution in [2.75, 3.05) is 24.9 Å². The van der Waals surface area contributed by atoms with Crippen LogP contribution < -0.4 is 21.1 Å². The number of hydrogen-bond donors (Lipinski definition) is 3. The fourth-order valence-corrected chi connectivity index (χ4v) is 4.22. The minimum Gasteiger partial charge on any atom is -0.494 e. The maximum absolute atomic E-state index is 12.0. The smallest absolute Gasteiger partial charge is 0.271 e.